The number of rotatable bonds is 6. The molecule has 6 rings (SSSR count). The number of carbonyl (C=O) groups is 2. The Morgan fingerprint density at radius 3 is 2.32 bits per heavy atom. The van der Waals surface area contributed by atoms with Gasteiger partial charge in [0.05, 0.1) is 5.52 Å². The average Bonchev–Trinajstić information content (AvgIpc) is 3.73. The van der Waals surface area contributed by atoms with E-state index < -0.39 is 28.9 Å². The molecule has 1 aliphatic carbocycles. The summed E-state index contributed by atoms with van der Waals surface area (Å²) in [7, 11) is 0. The summed E-state index contributed by atoms with van der Waals surface area (Å²) in [5, 5.41) is 5.24. The van der Waals surface area contributed by atoms with Crippen LogP contribution in [0.2, 0.25) is 0 Å². The third kappa shape index (κ3) is 4.42. The zero-order valence-electron chi connectivity index (χ0n) is 19.8. The van der Waals surface area contributed by atoms with Crippen molar-refractivity contribution >= 4 is 34.2 Å². The van der Waals surface area contributed by atoms with Crippen molar-refractivity contribution in [2.75, 3.05) is 23.8 Å². The highest BCUT2D eigenvalue weighted by molar-refractivity contribution is 6.16. The monoisotopic (exact) mass is 518 g/mol. The van der Waals surface area contributed by atoms with Crippen molar-refractivity contribution in [3.63, 3.8) is 0 Å². The van der Waals surface area contributed by atoms with E-state index in [9.17, 15) is 18.4 Å². The van der Waals surface area contributed by atoms with E-state index in [1.54, 1.807) is 12.1 Å². The summed E-state index contributed by atoms with van der Waals surface area (Å²) >= 11 is 0. The number of ether oxygens (including phenoxy) is 3. The summed E-state index contributed by atoms with van der Waals surface area (Å²) in [6.07, 6.45) is 2.19. The molecule has 9 nitrogen and oxygen atoms in total. The van der Waals surface area contributed by atoms with E-state index in [4.69, 9.17) is 14.2 Å². The van der Waals surface area contributed by atoms with Gasteiger partial charge in [-0.15, -0.1) is 0 Å². The minimum absolute atomic E-state index is 0.0950. The SMILES string of the molecule is O=C(Nc1ccc(F)cc1)C1(C(=O)Nc2ccc(Oc3ccnc4cc5c(nc34)OCCO5)c(F)c2)CC1. The topological polar surface area (TPSA) is 112 Å². The van der Waals surface area contributed by atoms with Gasteiger partial charge in [-0.2, -0.15) is 0 Å². The summed E-state index contributed by atoms with van der Waals surface area (Å²) in [5.74, 6) is -1.29. The molecule has 2 aliphatic rings. The second-order valence-corrected chi connectivity index (χ2v) is 8.91. The number of halogens is 2. The fourth-order valence-electron chi connectivity index (χ4n) is 4.09. The molecule has 2 amide bonds. The van der Waals surface area contributed by atoms with Crippen LogP contribution in [0, 0.1) is 17.0 Å². The number of carbonyl (C=O) groups excluding carboxylic acids is 2. The first-order valence-electron chi connectivity index (χ1n) is 11.8. The molecule has 2 N–H and O–H groups in total. The van der Waals surface area contributed by atoms with Crippen LogP contribution >= 0.6 is 0 Å². The summed E-state index contributed by atoms with van der Waals surface area (Å²) in [5.41, 5.74) is 0.131. The van der Waals surface area contributed by atoms with Gasteiger partial charge < -0.3 is 24.8 Å². The Bertz CT molecular complexity index is 1570. The molecule has 0 radical (unpaired) electrons. The Hall–Kier alpha value is -4.80. The van der Waals surface area contributed by atoms with Crippen molar-refractivity contribution in [1.82, 2.24) is 9.97 Å². The van der Waals surface area contributed by atoms with Gasteiger partial charge in [0.25, 0.3) is 5.88 Å². The lowest BCUT2D eigenvalue weighted by Crippen LogP contribution is -2.35. The predicted molar refractivity (Wildman–Crippen MR) is 132 cm³/mol. The van der Waals surface area contributed by atoms with Crippen molar-refractivity contribution in [2.24, 2.45) is 5.41 Å². The normalized spacial score (nSPS) is 15.0. The van der Waals surface area contributed by atoms with Crippen molar-refractivity contribution in [3.8, 4) is 23.1 Å². The van der Waals surface area contributed by atoms with Gasteiger partial charge in [-0.05, 0) is 49.2 Å². The number of anilines is 2. The number of aromatic nitrogens is 2. The molecule has 192 valence electrons. The molecule has 4 aromatic rings. The van der Waals surface area contributed by atoms with Crippen LogP contribution < -0.4 is 24.8 Å². The van der Waals surface area contributed by atoms with Gasteiger partial charge >= 0.3 is 0 Å². The zero-order valence-corrected chi connectivity index (χ0v) is 19.8. The van der Waals surface area contributed by atoms with E-state index in [-0.39, 0.29) is 17.2 Å². The Labute approximate surface area is 214 Å². The summed E-state index contributed by atoms with van der Waals surface area (Å²) in [4.78, 5) is 34.3. The number of nitrogens with one attached hydrogen (secondary N) is 2. The van der Waals surface area contributed by atoms with Crippen LogP contribution in [0.5, 0.6) is 23.1 Å². The van der Waals surface area contributed by atoms with Crippen molar-refractivity contribution in [3.05, 3.63) is 72.4 Å². The largest absolute Gasteiger partial charge is 0.484 e. The molecule has 2 aromatic carbocycles. The Kier molecular flexibility index (Phi) is 5.74. The van der Waals surface area contributed by atoms with Crippen LogP contribution in [0.1, 0.15) is 12.8 Å². The van der Waals surface area contributed by atoms with Crippen LogP contribution in [0.15, 0.2) is 60.8 Å². The van der Waals surface area contributed by atoms with Gasteiger partial charge in [0, 0.05) is 35.8 Å². The number of hydrogen-bond donors (Lipinski definition) is 2. The molecule has 0 atom stereocenters. The lowest BCUT2D eigenvalue weighted by molar-refractivity contribution is -0.131. The van der Waals surface area contributed by atoms with E-state index in [1.807, 2.05) is 0 Å². The van der Waals surface area contributed by atoms with Crippen molar-refractivity contribution < 1.29 is 32.6 Å². The maximum Gasteiger partial charge on any atom is 0.257 e. The molecule has 1 aliphatic heterocycles. The van der Waals surface area contributed by atoms with Gasteiger partial charge in [0.1, 0.15) is 30.0 Å². The lowest BCUT2D eigenvalue weighted by atomic mass is 10.0. The molecule has 0 spiro atoms. The van der Waals surface area contributed by atoms with Gasteiger partial charge in [0.2, 0.25) is 11.8 Å². The standard InChI is InChI=1S/C27H20F2N4O5/c28-15-1-3-16(4-2-15)31-25(34)27(8-9-27)26(35)32-17-5-6-20(18(29)13-17)38-21-7-10-30-19-14-22-24(33-23(19)21)37-12-11-36-22/h1-7,10,13-14H,8-9,11-12H2,(H,31,34)(H,32,35). The van der Waals surface area contributed by atoms with E-state index in [1.165, 1.54) is 42.6 Å². The Morgan fingerprint density at radius 2 is 1.58 bits per heavy atom. The van der Waals surface area contributed by atoms with Gasteiger partial charge in [-0.25, -0.2) is 13.8 Å². The molecule has 0 bridgehead atoms. The molecule has 11 heteroatoms. The lowest BCUT2D eigenvalue weighted by Gasteiger charge is -2.18. The second kappa shape index (κ2) is 9.25. The number of hydrogen-bond acceptors (Lipinski definition) is 7. The van der Waals surface area contributed by atoms with E-state index >= 15 is 0 Å². The molecule has 1 saturated carbocycles. The van der Waals surface area contributed by atoms with Crippen LogP contribution in [-0.4, -0.2) is 35.0 Å². The van der Waals surface area contributed by atoms with Crippen molar-refractivity contribution in [2.45, 2.75) is 12.8 Å². The highest BCUT2D eigenvalue weighted by Gasteiger charge is 2.56. The van der Waals surface area contributed by atoms with Crippen LogP contribution in [0.3, 0.4) is 0 Å². The van der Waals surface area contributed by atoms with Gasteiger partial charge in [-0.1, -0.05) is 0 Å². The number of nitrogens with zero attached hydrogens (tertiary/aromatic N) is 2. The third-order valence-corrected chi connectivity index (χ3v) is 6.32. The van der Waals surface area contributed by atoms with Crippen LogP contribution in [-0.2, 0) is 9.59 Å². The molecule has 2 aromatic heterocycles. The molecular weight excluding hydrogens is 498 g/mol. The number of pyridine rings is 2. The molecule has 3 heterocycles. The highest BCUT2D eigenvalue weighted by Crippen LogP contribution is 2.47. The fourth-order valence-corrected chi connectivity index (χ4v) is 4.09. The number of fused-ring (bicyclic) bond motifs is 2. The number of amides is 2. The summed E-state index contributed by atoms with van der Waals surface area (Å²) < 4.78 is 44.9. The highest BCUT2D eigenvalue weighted by atomic mass is 19.1. The molecule has 0 unspecified atom stereocenters. The first kappa shape index (κ1) is 23.6. The van der Waals surface area contributed by atoms with Crippen LogP contribution in [0.4, 0.5) is 20.2 Å². The quantitative estimate of drug-likeness (QED) is 0.352. The second-order valence-electron chi connectivity index (χ2n) is 8.91. The maximum absolute atomic E-state index is 15.0. The summed E-state index contributed by atoms with van der Waals surface area (Å²) in [6.45, 7) is 0.767. The Balaban J connectivity index is 1.17. The van der Waals surface area contributed by atoms with Crippen molar-refractivity contribution in [1.29, 1.82) is 0 Å². The zero-order chi connectivity index (χ0) is 26.3. The average molecular weight is 518 g/mol. The maximum atomic E-state index is 15.0. The van der Waals surface area contributed by atoms with Gasteiger partial charge in [0.15, 0.2) is 23.1 Å². The third-order valence-electron chi connectivity index (χ3n) is 6.32. The predicted octanol–water partition coefficient (Wildman–Crippen LogP) is 4.83. The van der Waals surface area contributed by atoms with E-state index in [2.05, 4.69) is 20.6 Å². The van der Waals surface area contributed by atoms with Crippen LogP contribution in [0.25, 0.3) is 11.0 Å². The minimum atomic E-state index is -1.27. The first-order valence-corrected chi connectivity index (χ1v) is 11.8. The fraction of sp³-hybridized carbons (Fsp3) is 0.185. The molecule has 1 fully saturated rings. The molecule has 38 heavy (non-hydrogen) atoms. The van der Waals surface area contributed by atoms with E-state index in [0.717, 1.165) is 6.07 Å². The first-order chi connectivity index (χ1) is 18.4. The Morgan fingerprint density at radius 1 is 0.868 bits per heavy atom. The molecule has 0 saturated heterocycles. The number of benzene rings is 2. The van der Waals surface area contributed by atoms with Gasteiger partial charge in [-0.3, -0.25) is 14.6 Å². The molecular formula is C27H20F2N4O5. The smallest absolute Gasteiger partial charge is 0.257 e. The minimum Gasteiger partial charge on any atom is -0.484 e. The summed E-state index contributed by atoms with van der Waals surface area (Å²) in [6, 6.07) is 12.4. The van der Waals surface area contributed by atoms with E-state index in [0.29, 0.717) is 54.4 Å².